The van der Waals surface area contributed by atoms with E-state index in [1.54, 1.807) is 11.2 Å². The van der Waals surface area contributed by atoms with Gasteiger partial charge < -0.3 is 5.73 Å². The minimum atomic E-state index is 0.629. The van der Waals surface area contributed by atoms with Crippen LogP contribution in [0.3, 0.4) is 0 Å². The van der Waals surface area contributed by atoms with Crippen molar-refractivity contribution in [3.63, 3.8) is 0 Å². The van der Waals surface area contributed by atoms with Crippen LogP contribution in [0, 0.1) is 0 Å². The Morgan fingerprint density at radius 3 is 2.80 bits per heavy atom. The van der Waals surface area contributed by atoms with E-state index in [1.165, 1.54) is 0 Å². The summed E-state index contributed by atoms with van der Waals surface area (Å²) < 4.78 is 0. The lowest BCUT2D eigenvalue weighted by Crippen LogP contribution is -2.20. The SMILES string of the molecule is C=C(C)/C=N\N(C)CCN. The quantitative estimate of drug-likeness (QED) is 0.456. The second-order valence-electron chi connectivity index (χ2n) is 2.26. The summed E-state index contributed by atoms with van der Waals surface area (Å²) in [5.41, 5.74) is 6.25. The van der Waals surface area contributed by atoms with Crippen molar-refractivity contribution in [3.05, 3.63) is 12.2 Å². The first-order chi connectivity index (χ1) is 4.66. The van der Waals surface area contributed by atoms with Crippen LogP contribution in [-0.2, 0) is 0 Å². The molecule has 0 aliphatic rings. The lowest BCUT2D eigenvalue weighted by atomic mass is 10.4. The third-order valence-corrected chi connectivity index (χ3v) is 0.928. The summed E-state index contributed by atoms with van der Waals surface area (Å²) in [6.45, 7) is 6.99. The summed E-state index contributed by atoms with van der Waals surface area (Å²) in [7, 11) is 1.88. The van der Waals surface area contributed by atoms with Gasteiger partial charge >= 0.3 is 0 Å². The van der Waals surface area contributed by atoms with Crippen molar-refractivity contribution in [2.24, 2.45) is 10.8 Å². The van der Waals surface area contributed by atoms with Crippen LogP contribution in [0.2, 0.25) is 0 Å². The molecule has 0 aromatic rings. The molecule has 0 amide bonds. The highest BCUT2D eigenvalue weighted by Gasteiger charge is 1.86. The zero-order chi connectivity index (χ0) is 7.98. The smallest absolute Gasteiger partial charge is 0.0493 e. The molecule has 0 radical (unpaired) electrons. The highest BCUT2D eigenvalue weighted by atomic mass is 15.4. The van der Waals surface area contributed by atoms with E-state index < -0.39 is 0 Å². The normalized spacial score (nSPS) is 10.3. The summed E-state index contributed by atoms with van der Waals surface area (Å²) in [6, 6.07) is 0. The van der Waals surface area contributed by atoms with Crippen LogP contribution in [0.1, 0.15) is 6.92 Å². The van der Waals surface area contributed by atoms with Crippen molar-refractivity contribution in [2.45, 2.75) is 6.92 Å². The number of nitrogens with zero attached hydrogens (tertiary/aromatic N) is 2. The predicted molar refractivity (Wildman–Crippen MR) is 45.0 cm³/mol. The molecule has 0 bridgehead atoms. The van der Waals surface area contributed by atoms with Crippen LogP contribution < -0.4 is 5.73 Å². The maximum Gasteiger partial charge on any atom is 0.0493 e. The van der Waals surface area contributed by atoms with E-state index in [-0.39, 0.29) is 0 Å². The number of hydrogen-bond donors (Lipinski definition) is 1. The van der Waals surface area contributed by atoms with Crippen LogP contribution in [-0.4, -0.2) is 31.4 Å². The molecule has 10 heavy (non-hydrogen) atoms. The topological polar surface area (TPSA) is 41.6 Å². The molecule has 0 aromatic heterocycles. The summed E-state index contributed by atoms with van der Waals surface area (Å²) in [4.78, 5) is 0. The average molecular weight is 141 g/mol. The molecule has 3 heteroatoms. The van der Waals surface area contributed by atoms with Crippen LogP contribution in [0.15, 0.2) is 17.3 Å². The molecule has 3 nitrogen and oxygen atoms in total. The van der Waals surface area contributed by atoms with Gasteiger partial charge in [0.25, 0.3) is 0 Å². The van der Waals surface area contributed by atoms with Crippen molar-refractivity contribution >= 4 is 6.21 Å². The second-order valence-corrected chi connectivity index (χ2v) is 2.26. The Morgan fingerprint density at radius 2 is 2.40 bits per heavy atom. The Kier molecular flexibility index (Phi) is 4.58. The molecular weight excluding hydrogens is 126 g/mol. The summed E-state index contributed by atoms with van der Waals surface area (Å²) >= 11 is 0. The van der Waals surface area contributed by atoms with Gasteiger partial charge in [0.05, 0.1) is 0 Å². The zero-order valence-electron chi connectivity index (χ0n) is 6.67. The number of rotatable bonds is 4. The maximum absolute atomic E-state index is 5.30. The molecule has 0 unspecified atom stereocenters. The molecule has 0 rings (SSSR count). The Morgan fingerprint density at radius 1 is 1.80 bits per heavy atom. The molecule has 0 aromatic carbocycles. The van der Waals surface area contributed by atoms with Gasteiger partial charge in [0.15, 0.2) is 0 Å². The molecule has 0 heterocycles. The number of hydrazone groups is 1. The van der Waals surface area contributed by atoms with E-state index in [2.05, 4.69) is 11.7 Å². The fraction of sp³-hybridized carbons (Fsp3) is 0.571. The van der Waals surface area contributed by atoms with E-state index in [0.29, 0.717) is 6.54 Å². The average Bonchev–Trinajstić information content (AvgIpc) is 1.85. The zero-order valence-corrected chi connectivity index (χ0v) is 6.67. The second kappa shape index (κ2) is 4.99. The van der Waals surface area contributed by atoms with E-state index >= 15 is 0 Å². The minimum Gasteiger partial charge on any atom is -0.329 e. The molecule has 0 aliphatic carbocycles. The molecule has 2 N–H and O–H groups in total. The number of allylic oxidation sites excluding steroid dienone is 1. The third kappa shape index (κ3) is 5.31. The summed E-state index contributed by atoms with van der Waals surface area (Å²) in [5, 5.41) is 5.83. The lowest BCUT2D eigenvalue weighted by molar-refractivity contribution is 0.366. The van der Waals surface area contributed by atoms with Gasteiger partial charge in [0, 0.05) is 26.4 Å². The molecule has 0 fully saturated rings. The fourth-order valence-corrected chi connectivity index (χ4v) is 0.442. The monoisotopic (exact) mass is 141 g/mol. The number of nitrogens with two attached hydrogens (primary N) is 1. The molecule has 0 saturated carbocycles. The van der Waals surface area contributed by atoms with E-state index in [4.69, 9.17) is 5.73 Å². The Hall–Kier alpha value is -0.830. The number of hydrogen-bond acceptors (Lipinski definition) is 3. The van der Waals surface area contributed by atoms with E-state index in [1.807, 2.05) is 14.0 Å². The fourth-order valence-electron chi connectivity index (χ4n) is 0.442. The minimum absolute atomic E-state index is 0.629. The van der Waals surface area contributed by atoms with Crippen molar-refractivity contribution in [3.8, 4) is 0 Å². The highest BCUT2D eigenvalue weighted by molar-refractivity contribution is 5.76. The third-order valence-electron chi connectivity index (χ3n) is 0.928. The molecular formula is C7H15N3. The van der Waals surface area contributed by atoms with Gasteiger partial charge in [-0.2, -0.15) is 5.10 Å². The van der Waals surface area contributed by atoms with Gasteiger partial charge in [-0.1, -0.05) is 6.58 Å². The predicted octanol–water partition coefficient (Wildman–Crippen LogP) is 0.439. The van der Waals surface area contributed by atoms with Crippen LogP contribution in [0.5, 0.6) is 0 Å². The van der Waals surface area contributed by atoms with Gasteiger partial charge in [-0.05, 0) is 12.5 Å². The molecule has 0 spiro atoms. The first-order valence-electron chi connectivity index (χ1n) is 3.27. The Labute approximate surface area is 62.2 Å². The van der Waals surface area contributed by atoms with Crippen molar-refractivity contribution in [1.29, 1.82) is 0 Å². The van der Waals surface area contributed by atoms with Gasteiger partial charge in [-0.15, -0.1) is 0 Å². The van der Waals surface area contributed by atoms with E-state index in [0.717, 1.165) is 12.1 Å². The molecule has 58 valence electrons. The highest BCUT2D eigenvalue weighted by Crippen LogP contribution is 1.83. The van der Waals surface area contributed by atoms with Crippen LogP contribution >= 0.6 is 0 Å². The summed E-state index contributed by atoms with van der Waals surface area (Å²) in [5.74, 6) is 0. The van der Waals surface area contributed by atoms with Crippen LogP contribution in [0.4, 0.5) is 0 Å². The van der Waals surface area contributed by atoms with Crippen LogP contribution in [0.25, 0.3) is 0 Å². The molecule has 0 saturated heterocycles. The van der Waals surface area contributed by atoms with E-state index in [9.17, 15) is 0 Å². The Balaban J connectivity index is 3.55. The van der Waals surface area contributed by atoms with Crippen molar-refractivity contribution < 1.29 is 0 Å². The summed E-state index contributed by atoms with van der Waals surface area (Å²) in [6.07, 6.45) is 1.72. The molecule has 0 atom stereocenters. The first kappa shape index (κ1) is 9.17. The standard InChI is InChI=1S/C7H15N3/c1-7(2)6-9-10(3)5-4-8/h6H,1,4-5,8H2,2-3H3/b9-6-. The largest absolute Gasteiger partial charge is 0.329 e. The van der Waals surface area contributed by atoms with Crippen molar-refractivity contribution in [1.82, 2.24) is 5.01 Å². The first-order valence-corrected chi connectivity index (χ1v) is 3.27. The lowest BCUT2D eigenvalue weighted by Gasteiger charge is -2.09. The van der Waals surface area contributed by atoms with Gasteiger partial charge in [-0.25, -0.2) is 0 Å². The van der Waals surface area contributed by atoms with Gasteiger partial charge in [-0.3, -0.25) is 5.01 Å². The van der Waals surface area contributed by atoms with Gasteiger partial charge in [0.1, 0.15) is 0 Å². The van der Waals surface area contributed by atoms with Crippen molar-refractivity contribution in [2.75, 3.05) is 20.1 Å². The molecule has 0 aliphatic heterocycles. The number of likely N-dealkylation sites (N-methyl/N-ethyl adjacent to an activating group) is 1. The van der Waals surface area contributed by atoms with Gasteiger partial charge in [0.2, 0.25) is 0 Å². The Bertz CT molecular complexity index is 129. The maximum atomic E-state index is 5.30.